The third kappa shape index (κ3) is 3.32. The van der Waals surface area contributed by atoms with Gasteiger partial charge < -0.3 is 19.5 Å². The summed E-state index contributed by atoms with van der Waals surface area (Å²) in [6, 6.07) is 6.02. The summed E-state index contributed by atoms with van der Waals surface area (Å²) in [4.78, 5) is 0. The summed E-state index contributed by atoms with van der Waals surface area (Å²) >= 11 is 0. The highest BCUT2D eigenvalue weighted by atomic mass is 16.6. The van der Waals surface area contributed by atoms with Gasteiger partial charge in [0, 0.05) is 24.9 Å². The Hall–Kier alpha value is -1.42. The van der Waals surface area contributed by atoms with Crippen molar-refractivity contribution in [2.45, 2.75) is 31.8 Å². The molecule has 2 aliphatic heterocycles. The average Bonchev–Trinajstić information content (AvgIpc) is 2.97. The maximum absolute atomic E-state index is 5.62. The van der Waals surface area contributed by atoms with Crippen LogP contribution in [0.15, 0.2) is 18.2 Å². The maximum Gasteiger partial charge on any atom is 0.163 e. The van der Waals surface area contributed by atoms with Gasteiger partial charge in [-0.25, -0.2) is 0 Å². The van der Waals surface area contributed by atoms with Crippen LogP contribution in [0.4, 0.5) is 5.69 Å². The third-order valence-corrected chi connectivity index (χ3v) is 3.60. The molecular formula is C15H21NO3. The first-order chi connectivity index (χ1) is 9.42. The molecule has 1 atom stereocenters. The van der Waals surface area contributed by atoms with E-state index in [1.165, 1.54) is 12.8 Å². The molecule has 1 saturated heterocycles. The van der Waals surface area contributed by atoms with Gasteiger partial charge in [0.25, 0.3) is 0 Å². The lowest BCUT2D eigenvalue weighted by Gasteiger charge is -2.19. The number of nitrogens with one attached hydrogen (secondary N) is 1. The van der Waals surface area contributed by atoms with E-state index < -0.39 is 0 Å². The Morgan fingerprint density at radius 1 is 1.11 bits per heavy atom. The van der Waals surface area contributed by atoms with E-state index in [-0.39, 0.29) is 0 Å². The molecule has 0 bridgehead atoms. The second kappa shape index (κ2) is 6.15. The van der Waals surface area contributed by atoms with Crippen LogP contribution in [-0.4, -0.2) is 32.5 Å². The molecule has 4 heteroatoms. The minimum absolute atomic E-state index is 0.488. The Morgan fingerprint density at radius 3 is 2.84 bits per heavy atom. The SMILES string of the molecule is c1cc2c(cc1NCCCC1CCCO1)OCCO2. The molecule has 0 saturated carbocycles. The van der Waals surface area contributed by atoms with Crippen molar-refractivity contribution in [1.82, 2.24) is 0 Å². The summed E-state index contributed by atoms with van der Waals surface area (Å²) in [5, 5.41) is 3.43. The molecule has 0 aromatic heterocycles. The lowest BCUT2D eigenvalue weighted by molar-refractivity contribution is 0.103. The standard InChI is InChI=1S/C15H21NO3/c1(3-13-4-2-8-17-13)7-16-12-5-6-14-15(11-12)19-10-9-18-14/h5-6,11,13,16H,1-4,7-10H2. The van der Waals surface area contributed by atoms with Crippen molar-refractivity contribution >= 4 is 5.69 Å². The fourth-order valence-electron chi connectivity index (χ4n) is 2.59. The third-order valence-electron chi connectivity index (χ3n) is 3.60. The van der Waals surface area contributed by atoms with E-state index in [1.807, 2.05) is 18.2 Å². The number of ether oxygens (including phenoxy) is 3. The van der Waals surface area contributed by atoms with Crippen LogP contribution in [0, 0.1) is 0 Å². The van der Waals surface area contributed by atoms with Crippen molar-refractivity contribution in [2.75, 3.05) is 31.7 Å². The van der Waals surface area contributed by atoms with Gasteiger partial charge in [0.15, 0.2) is 11.5 Å². The number of hydrogen-bond acceptors (Lipinski definition) is 4. The van der Waals surface area contributed by atoms with Gasteiger partial charge in [0.2, 0.25) is 0 Å². The van der Waals surface area contributed by atoms with Gasteiger partial charge >= 0.3 is 0 Å². The highest BCUT2D eigenvalue weighted by molar-refractivity contribution is 5.55. The van der Waals surface area contributed by atoms with Crippen LogP contribution in [0.1, 0.15) is 25.7 Å². The number of anilines is 1. The molecule has 0 spiro atoms. The first kappa shape index (κ1) is 12.6. The first-order valence-corrected chi connectivity index (χ1v) is 7.17. The van der Waals surface area contributed by atoms with Crippen molar-refractivity contribution in [3.63, 3.8) is 0 Å². The van der Waals surface area contributed by atoms with Crippen LogP contribution < -0.4 is 14.8 Å². The molecule has 0 aliphatic carbocycles. The topological polar surface area (TPSA) is 39.7 Å². The van der Waals surface area contributed by atoms with Gasteiger partial charge in [0.05, 0.1) is 6.10 Å². The Morgan fingerprint density at radius 2 is 2.00 bits per heavy atom. The maximum atomic E-state index is 5.62. The zero-order valence-electron chi connectivity index (χ0n) is 11.2. The van der Waals surface area contributed by atoms with E-state index in [4.69, 9.17) is 14.2 Å². The monoisotopic (exact) mass is 263 g/mol. The summed E-state index contributed by atoms with van der Waals surface area (Å²) in [5.74, 6) is 1.69. The second-order valence-electron chi connectivity index (χ2n) is 5.06. The number of rotatable bonds is 5. The Bertz CT molecular complexity index is 416. The van der Waals surface area contributed by atoms with Gasteiger partial charge in [-0.2, -0.15) is 0 Å². The van der Waals surface area contributed by atoms with Crippen LogP contribution in [0.2, 0.25) is 0 Å². The number of hydrogen-bond donors (Lipinski definition) is 1. The number of fused-ring (bicyclic) bond motifs is 1. The molecule has 1 unspecified atom stereocenters. The van der Waals surface area contributed by atoms with Gasteiger partial charge in [-0.1, -0.05) is 0 Å². The molecule has 4 nitrogen and oxygen atoms in total. The summed E-state index contributed by atoms with van der Waals surface area (Å²) < 4.78 is 16.7. The highest BCUT2D eigenvalue weighted by Crippen LogP contribution is 2.32. The van der Waals surface area contributed by atoms with Crippen molar-refractivity contribution in [1.29, 1.82) is 0 Å². The van der Waals surface area contributed by atoms with E-state index in [0.717, 1.165) is 43.2 Å². The minimum Gasteiger partial charge on any atom is -0.486 e. The van der Waals surface area contributed by atoms with Crippen molar-refractivity contribution in [3.05, 3.63) is 18.2 Å². The smallest absolute Gasteiger partial charge is 0.163 e. The first-order valence-electron chi connectivity index (χ1n) is 7.17. The summed E-state index contributed by atoms with van der Waals surface area (Å²) in [6.45, 7) is 3.19. The quantitative estimate of drug-likeness (QED) is 0.829. The van der Waals surface area contributed by atoms with E-state index in [2.05, 4.69) is 5.32 Å². The lowest BCUT2D eigenvalue weighted by Crippen LogP contribution is -2.15. The van der Waals surface area contributed by atoms with Crippen LogP contribution in [0.3, 0.4) is 0 Å². The summed E-state index contributed by atoms with van der Waals surface area (Å²) in [5.41, 5.74) is 1.09. The van der Waals surface area contributed by atoms with Crippen molar-refractivity contribution in [3.8, 4) is 11.5 Å². The minimum atomic E-state index is 0.488. The molecule has 3 rings (SSSR count). The normalized spacial score (nSPS) is 21.4. The molecule has 1 aromatic carbocycles. The van der Waals surface area contributed by atoms with Crippen LogP contribution in [-0.2, 0) is 4.74 Å². The predicted molar refractivity (Wildman–Crippen MR) is 74.1 cm³/mol. The average molecular weight is 263 g/mol. The van der Waals surface area contributed by atoms with Gasteiger partial charge in [-0.05, 0) is 37.8 Å². The Kier molecular flexibility index (Phi) is 4.08. The van der Waals surface area contributed by atoms with Crippen LogP contribution >= 0.6 is 0 Å². The summed E-state index contributed by atoms with van der Waals surface area (Å²) in [6.07, 6.45) is 5.23. The molecule has 1 fully saturated rings. The molecule has 0 radical (unpaired) electrons. The van der Waals surface area contributed by atoms with Crippen LogP contribution in [0.25, 0.3) is 0 Å². The van der Waals surface area contributed by atoms with Crippen molar-refractivity contribution in [2.24, 2.45) is 0 Å². The second-order valence-corrected chi connectivity index (χ2v) is 5.06. The fourth-order valence-corrected chi connectivity index (χ4v) is 2.59. The Labute approximate surface area is 114 Å². The Balaban J connectivity index is 1.44. The van der Waals surface area contributed by atoms with E-state index in [1.54, 1.807) is 0 Å². The van der Waals surface area contributed by atoms with Gasteiger partial charge in [-0.3, -0.25) is 0 Å². The predicted octanol–water partition coefficient (Wildman–Crippen LogP) is 2.83. The van der Waals surface area contributed by atoms with E-state index in [9.17, 15) is 0 Å². The highest BCUT2D eigenvalue weighted by Gasteiger charge is 2.14. The van der Waals surface area contributed by atoms with Gasteiger partial charge in [0.1, 0.15) is 13.2 Å². The zero-order valence-corrected chi connectivity index (χ0v) is 11.2. The van der Waals surface area contributed by atoms with Gasteiger partial charge in [-0.15, -0.1) is 0 Å². The molecule has 2 aliphatic rings. The summed E-state index contributed by atoms with van der Waals surface area (Å²) in [7, 11) is 0. The molecule has 2 heterocycles. The molecular weight excluding hydrogens is 242 g/mol. The molecule has 104 valence electrons. The van der Waals surface area contributed by atoms with Crippen LogP contribution in [0.5, 0.6) is 11.5 Å². The molecule has 1 N–H and O–H groups in total. The fraction of sp³-hybridized carbons (Fsp3) is 0.600. The molecule has 0 amide bonds. The van der Waals surface area contributed by atoms with Crippen molar-refractivity contribution < 1.29 is 14.2 Å². The molecule has 1 aromatic rings. The largest absolute Gasteiger partial charge is 0.486 e. The van der Waals surface area contributed by atoms with E-state index in [0.29, 0.717) is 19.3 Å². The zero-order chi connectivity index (χ0) is 12.9. The lowest BCUT2D eigenvalue weighted by atomic mass is 10.1. The van der Waals surface area contributed by atoms with E-state index >= 15 is 0 Å². The number of benzene rings is 1. The molecule has 19 heavy (non-hydrogen) atoms.